The largest absolute Gasteiger partial charge is 0.496 e. The fraction of sp³-hybridized carbons (Fsp3) is 0.231. The Morgan fingerprint density at radius 2 is 2.05 bits per heavy atom. The first kappa shape index (κ1) is 14.1. The fourth-order valence-electron chi connectivity index (χ4n) is 1.79. The van der Waals surface area contributed by atoms with Crippen molar-refractivity contribution >= 4 is 39.0 Å². The van der Waals surface area contributed by atoms with Gasteiger partial charge in [0.15, 0.2) is 0 Å². The summed E-state index contributed by atoms with van der Waals surface area (Å²) < 4.78 is 6.07. The SMILES string of the molecule is COc1ccc(C)c(Nc2nc(Cl)ncc2Br)c1C. The lowest BCUT2D eigenvalue weighted by Crippen LogP contribution is -2.01. The molecule has 6 heteroatoms. The molecule has 0 aliphatic heterocycles. The molecule has 100 valence electrons. The highest BCUT2D eigenvalue weighted by Crippen LogP contribution is 2.32. The number of aryl methyl sites for hydroxylation is 1. The second kappa shape index (κ2) is 5.75. The molecule has 0 amide bonds. The number of methoxy groups -OCH3 is 1. The van der Waals surface area contributed by atoms with Crippen LogP contribution in [0, 0.1) is 13.8 Å². The molecule has 1 N–H and O–H groups in total. The summed E-state index contributed by atoms with van der Waals surface area (Å²) in [6, 6.07) is 3.93. The van der Waals surface area contributed by atoms with E-state index in [4.69, 9.17) is 16.3 Å². The summed E-state index contributed by atoms with van der Waals surface area (Å²) in [5, 5.41) is 3.46. The van der Waals surface area contributed by atoms with Crippen LogP contribution >= 0.6 is 27.5 Å². The molecule has 0 bridgehead atoms. The number of ether oxygens (including phenoxy) is 1. The number of nitrogens with one attached hydrogen (secondary N) is 1. The zero-order valence-corrected chi connectivity index (χ0v) is 13.1. The maximum atomic E-state index is 5.81. The van der Waals surface area contributed by atoms with Gasteiger partial charge in [0.05, 0.1) is 11.6 Å². The molecule has 0 spiro atoms. The average Bonchev–Trinajstić information content (AvgIpc) is 2.38. The lowest BCUT2D eigenvalue weighted by Gasteiger charge is -2.15. The van der Waals surface area contributed by atoms with Crippen LogP contribution in [0.15, 0.2) is 22.8 Å². The van der Waals surface area contributed by atoms with Gasteiger partial charge in [0, 0.05) is 17.4 Å². The maximum Gasteiger partial charge on any atom is 0.224 e. The molecule has 0 radical (unpaired) electrons. The van der Waals surface area contributed by atoms with Crippen LogP contribution < -0.4 is 10.1 Å². The molecule has 0 unspecified atom stereocenters. The Labute approximate surface area is 125 Å². The summed E-state index contributed by atoms with van der Waals surface area (Å²) in [5.41, 5.74) is 3.07. The molecule has 2 rings (SSSR count). The molecule has 1 aromatic heterocycles. The van der Waals surface area contributed by atoms with Crippen molar-refractivity contribution in [2.75, 3.05) is 12.4 Å². The van der Waals surface area contributed by atoms with Gasteiger partial charge in [-0.2, -0.15) is 4.98 Å². The Bertz CT molecular complexity index is 619. The first-order valence-corrected chi connectivity index (χ1v) is 6.79. The van der Waals surface area contributed by atoms with Crippen LogP contribution in [-0.4, -0.2) is 17.1 Å². The standard InChI is InChI=1S/C13H13BrClN3O/c1-7-4-5-10(19-3)8(2)11(7)17-12-9(14)6-16-13(15)18-12/h4-6H,1-3H3,(H,16,17,18). The molecule has 0 atom stereocenters. The van der Waals surface area contributed by atoms with E-state index in [0.717, 1.165) is 27.0 Å². The van der Waals surface area contributed by atoms with E-state index in [9.17, 15) is 0 Å². The monoisotopic (exact) mass is 341 g/mol. The summed E-state index contributed by atoms with van der Waals surface area (Å²) in [4.78, 5) is 8.06. The Kier molecular flexibility index (Phi) is 4.27. The maximum absolute atomic E-state index is 5.81. The molecular formula is C13H13BrClN3O. The van der Waals surface area contributed by atoms with E-state index in [2.05, 4.69) is 31.2 Å². The predicted molar refractivity (Wildman–Crippen MR) is 80.5 cm³/mol. The van der Waals surface area contributed by atoms with Gasteiger partial charge in [-0.05, 0) is 53.0 Å². The van der Waals surface area contributed by atoms with Crippen molar-refractivity contribution in [3.05, 3.63) is 39.2 Å². The third kappa shape index (κ3) is 2.98. The van der Waals surface area contributed by atoms with Crippen LogP contribution in [0.25, 0.3) is 0 Å². The number of hydrogen-bond donors (Lipinski definition) is 1. The van der Waals surface area contributed by atoms with Crippen molar-refractivity contribution in [2.24, 2.45) is 0 Å². The number of aromatic nitrogens is 2. The highest BCUT2D eigenvalue weighted by Gasteiger charge is 2.11. The Balaban J connectivity index is 2.46. The van der Waals surface area contributed by atoms with Gasteiger partial charge in [-0.1, -0.05) is 6.07 Å². The summed E-state index contributed by atoms with van der Waals surface area (Å²) in [6.07, 6.45) is 1.61. The normalized spacial score (nSPS) is 10.4. The summed E-state index contributed by atoms with van der Waals surface area (Å²) in [7, 11) is 1.65. The predicted octanol–water partition coefficient (Wildman–Crippen LogP) is 4.26. The number of anilines is 2. The van der Waals surface area contributed by atoms with Gasteiger partial charge in [0.2, 0.25) is 5.28 Å². The highest BCUT2D eigenvalue weighted by molar-refractivity contribution is 9.10. The van der Waals surface area contributed by atoms with Crippen molar-refractivity contribution in [2.45, 2.75) is 13.8 Å². The van der Waals surface area contributed by atoms with E-state index in [1.807, 2.05) is 26.0 Å². The van der Waals surface area contributed by atoms with Gasteiger partial charge < -0.3 is 10.1 Å². The van der Waals surface area contributed by atoms with Crippen molar-refractivity contribution in [1.82, 2.24) is 9.97 Å². The Morgan fingerprint density at radius 1 is 1.32 bits per heavy atom. The van der Waals surface area contributed by atoms with Crippen molar-refractivity contribution in [1.29, 1.82) is 0 Å². The van der Waals surface area contributed by atoms with Crippen molar-refractivity contribution in [3.63, 3.8) is 0 Å². The minimum atomic E-state index is 0.198. The Hall–Kier alpha value is -1.33. The molecule has 2 aromatic rings. The van der Waals surface area contributed by atoms with E-state index in [0.29, 0.717) is 5.82 Å². The molecule has 4 nitrogen and oxygen atoms in total. The number of halogens is 2. The van der Waals surface area contributed by atoms with E-state index in [1.165, 1.54) is 0 Å². The van der Waals surface area contributed by atoms with E-state index < -0.39 is 0 Å². The van der Waals surface area contributed by atoms with Crippen molar-refractivity contribution in [3.8, 4) is 5.75 Å². The molecule has 1 aromatic carbocycles. The molecule has 1 heterocycles. The summed E-state index contributed by atoms with van der Waals surface area (Å²) >= 11 is 9.21. The minimum Gasteiger partial charge on any atom is -0.496 e. The quantitative estimate of drug-likeness (QED) is 0.847. The van der Waals surface area contributed by atoms with Crippen LogP contribution in [0.3, 0.4) is 0 Å². The fourth-order valence-corrected chi connectivity index (χ4v) is 2.22. The van der Waals surface area contributed by atoms with Crippen molar-refractivity contribution < 1.29 is 4.74 Å². The molecule has 0 aliphatic rings. The molecule has 0 fully saturated rings. The highest BCUT2D eigenvalue weighted by atomic mass is 79.9. The third-order valence-corrected chi connectivity index (χ3v) is 3.56. The zero-order chi connectivity index (χ0) is 14.0. The van der Waals surface area contributed by atoms with Gasteiger partial charge >= 0.3 is 0 Å². The first-order chi connectivity index (χ1) is 9.02. The topological polar surface area (TPSA) is 47.0 Å². The zero-order valence-electron chi connectivity index (χ0n) is 10.8. The van der Waals surface area contributed by atoms with E-state index >= 15 is 0 Å². The third-order valence-electron chi connectivity index (χ3n) is 2.80. The smallest absolute Gasteiger partial charge is 0.224 e. The van der Waals surface area contributed by atoms with Crippen LogP contribution in [0.2, 0.25) is 5.28 Å². The molecule has 19 heavy (non-hydrogen) atoms. The Morgan fingerprint density at radius 3 is 2.74 bits per heavy atom. The second-order valence-corrected chi connectivity index (χ2v) is 5.24. The van der Waals surface area contributed by atoms with Crippen LogP contribution in [0.4, 0.5) is 11.5 Å². The van der Waals surface area contributed by atoms with Gasteiger partial charge in [-0.15, -0.1) is 0 Å². The first-order valence-electron chi connectivity index (χ1n) is 5.62. The number of rotatable bonds is 3. The van der Waals surface area contributed by atoms with Crippen LogP contribution in [0.5, 0.6) is 5.75 Å². The number of nitrogens with zero attached hydrogens (tertiary/aromatic N) is 2. The lowest BCUT2D eigenvalue weighted by atomic mass is 10.1. The second-order valence-electron chi connectivity index (χ2n) is 4.05. The number of hydrogen-bond acceptors (Lipinski definition) is 4. The molecule has 0 saturated carbocycles. The van der Waals surface area contributed by atoms with Gasteiger partial charge in [0.25, 0.3) is 0 Å². The van der Waals surface area contributed by atoms with Crippen LogP contribution in [0.1, 0.15) is 11.1 Å². The van der Waals surface area contributed by atoms with E-state index in [1.54, 1.807) is 13.3 Å². The van der Waals surface area contributed by atoms with Gasteiger partial charge in [-0.3, -0.25) is 0 Å². The van der Waals surface area contributed by atoms with Crippen LogP contribution in [-0.2, 0) is 0 Å². The number of benzene rings is 1. The van der Waals surface area contributed by atoms with Gasteiger partial charge in [-0.25, -0.2) is 4.98 Å². The van der Waals surface area contributed by atoms with E-state index in [-0.39, 0.29) is 5.28 Å². The summed E-state index contributed by atoms with van der Waals surface area (Å²) in [5.74, 6) is 1.45. The molecule has 0 saturated heterocycles. The van der Waals surface area contributed by atoms with Gasteiger partial charge in [0.1, 0.15) is 11.6 Å². The lowest BCUT2D eigenvalue weighted by molar-refractivity contribution is 0.412. The average molecular weight is 343 g/mol. The molecule has 0 aliphatic carbocycles. The molecular weight excluding hydrogens is 330 g/mol. The minimum absolute atomic E-state index is 0.198. The summed E-state index contributed by atoms with van der Waals surface area (Å²) in [6.45, 7) is 4.01.